The number of nitrogens with zero attached hydrogens (tertiary/aromatic N) is 1. The minimum Gasteiger partial charge on any atom is -0.489 e. The van der Waals surface area contributed by atoms with Gasteiger partial charge in [-0.1, -0.05) is 30.3 Å². The summed E-state index contributed by atoms with van der Waals surface area (Å²) in [6.45, 7) is 1.88. The van der Waals surface area contributed by atoms with Crippen molar-refractivity contribution in [2.45, 2.75) is 19.6 Å². The summed E-state index contributed by atoms with van der Waals surface area (Å²) in [6.07, 6.45) is -0.978. The first-order valence-corrected chi connectivity index (χ1v) is 9.34. The van der Waals surface area contributed by atoms with E-state index in [0.717, 1.165) is 11.3 Å². The second kappa shape index (κ2) is 9.89. The number of carbonyl (C=O) groups is 2. The van der Waals surface area contributed by atoms with E-state index in [1.807, 2.05) is 36.4 Å². The molecular formula is C24H20N2O4. The van der Waals surface area contributed by atoms with Gasteiger partial charge in [-0.05, 0) is 61.0 Å². The van der Waals surface area contributed by atoms with Crippen LogP contribution in [0, 0.1) is 11.3 Å². The van der Waals surface area contributed by atoms with Gasteiger partial charge in [0, 0.05) is 5.69 Å². The van der Waals surface area contributed by atoms with Gasteiger partial charge in [0.2, 0.25) is 0 Å². The first-order chi connectivity index (χ1) is 14.5. The molecule has 0 aliphatic heterocycles. The summed E-state index contributed by atoms with van der Waals surface area (Å²) >= 11 is 0. The lowest BCUT2D eigenvalue weighted by Gasteiger charge is -2.14. The van der Waals surface area contributed by atoms with Crippen LogP contribution in [0.2, 0.25) is 0 Å². The van der Waals surface area contributed by atoms with Crippen LogP contribution in [-0.4, -0.2) is 18.0 Å². The maximum atomic E-state index is 12.3. The Labute approximate surface area is 174 Å². The minimum atomic E-state index is -0.978. The number of benzene rings is 3. The predicted octanol–water partition coefficient (Wildman–Crippen LogP) is 4.32. The summed E-state index contributed by atoms with van der Waals surface area (Å²) in [7, 11) is 0. The molecule has 0 radical (unpaired) electrons. The molecule has 1 atom stereocenters. The molecule has 0 aliphatic rings. The van der Waals surface area contributed by atoms with Crippen molar-refractivity contribution in [2.24, 2.45) is 0 Å². The van der Waals surface area contributed by atoms with E-state index < -0.39 is 18.0 Å². The van der Waals surface area contributed by atoms with E-state index in [4.69, 9.17) is 14.7 Å². The Bertz CT molecular complexity index is 1040. The number of rotatable bonds is 7. The second-order valence-corrected chi connectivity index (χ2v) is 6.52. The van der Waals surface area contributed by atoms with Gasteiger partial charge in [-0.25, -0.2) is 4.79 Å². The molecule has 6 nitrogen and oxygen atoms in total. The zero-order chi connectivity index (χ0) is 21.3. The molecule has 1 N–H and O–H groups in total. The number of nitriles is 1. The Morgan fingerprint density at radius 3 is 2.27 bits per heavy atom. The Hall–Kier alpha value is -4.11. The fourth-order valence-corrected chi connectivity index (χ4v) is 2.57. The predicted molar refractivity (Wildman–Crippen MR) is 112 cm³/mol. The number of carbonyl (C=O) groups excluding carboxylic acids is 2. The van der Waals surface area contributed by atoms with Crippen molar-refractivity contribution in [3.05, 3.63) is 95.6 Å². The van der Waals surface area contributed by atoms with E-state index in [9.17, 15) is 9.59 Å². The van der Waals surface area contributed by atoms with Crippen LogP contribution in [-0.2, 0) is 16.1 Å². The van der Waals surface area contributed by atoms with Gasteiger partial charge in [-0.2, -0.15) is 5.26 Å². The monoisotopic (exact) mass is 400 g/mol. The Morgan fingerprint density at radius 2 is 1.63 bits per heavy atom. The van der Waals surface area contributed by atoms with Crippen LogP contribution in [0.1, 0.15) is 28.4 Å². The Balaban J connectivity index is 1.51. The Kier molecular flexibility index (Phi) is 6.80. The van der Waals surface area contributed by atoms with Gasteiger partial charge in [0.25, 0.3) is 5.91 Å². The van der Waals surface area contributed by atoms with Gasteiger partial charge < -0.3 is 14.8 Å². The molecule has 1 amide bonds. The minimum absolute atomic E-state index is 0.344. The van der Waals surface area contributed by atoms with Crippen molar-refractivity contribution in [3.8, 4) is 11.8 Å². The van der Waals surface area contributed by atoms with E-state index in [2.05, 4.69) is 5.32 Å². The summed E-state index contributed by atoms with van der Waals surface area (Å²) < 4.78 is 10.9. The highest BCUT2D eigenvalue weighted by Crippen LogP contribution is 2.14. The van der Waals surface area contributed by atoms with Crippen LogP contribution in [0.4, 0.5) is 5.69 Å². The first kappa shape index (κ1) is 20.6. The van der Waals surface area contributed by atoms with E-state index in [1.165, 1.54) is 6.92 Å². The molecule has 0 aromatic heterocycles. The fourth-order valence-electron chi connectivity index (χ4n) is 2.57. The molecule has 0 spiro atoms. The van der Waals surface area contributed by atoms with Gasteiger partial charge in [-0.15, -0.1) is 0 Å². The van der Waals surface area contributed by atoms with Crippen molar-refractivity contribution < 1.29 is 19.1 Å². The summed E-state index contributed by atoms with van der Waals surface area (Å²) in [5.41, 5.74) is 2.26. The lowest BCUT2D eigenvalue weighted by atomic mass is 10.1. The van der Waals surface area contributed by atoms with Crippen LogP contribution in [0.5, 0.6) is 5.75 Å². The largest absolute Gasteiger partial charge is 0.489 e. The second-order valence-electron chi connectivity index (χ2n) is 6.52. The average molecular weight is 400 g/mol. The lowest BCUT2D eigenvalue weighted by Crippen LogP contribution is -2.30. The summed E-state index contributed by atoms with van der Waals surface area (Å²) in [5, 5.41) is 11.5. The molecule has 0 saturated heterocycles. The maximum absolute atomic E-state index is 12.3. The summed E-state index contributed by atoms with van der Waals surface area (Å²) in [4.78, 5) is 24.6. The molecule has 0 bridgehead atoms. The molecule has 150 valence electrons. The normalized spacial score (nSPS) is 11.1. The van der Waals surface area contributed by atoms with Crippen molar-refractivity contribution in [1.82, 2.24) is 0 Å². The molecule has 3 aromatic rings. The molecule has 30 heavy (non-hydrogen) atoms. The maximum Gasteiger partial charge on any atom is 0.338 e. The third-order valence-corrected chi connectivity index (χ3v) is 4.27. The molecule has 3 rings (SSSR count). The topological polar surface area (TPSA) is 88.4 Å². The average Bonchev–Trinajstić information content (AvgIpc) is 2.79. The number of amides is 1. The standard InChI is InChI=1S/C24H20N2O4/c1-17(23(27)26-21-13-9-18(15-25)10-14-21)30-24(28)20-11-7-19(8-12-20)16-29-22-5-3-2-4-6-22/h2-14,17H,16H2,1H3,(H,26,27)/t17-/m1/s1. The van der Waals surface area contributed by atoms with Crippen molar-refractivity contribution >= 4 is 17.6 Å². The van der Waals surface area contributed by atoms with Crippen LogP contribution in [0.25, 0.3) is 0 Å². The number of esters is 1. The van der Waals surface area contributed by atoms with Gasteiger partial charge in [0.05, 0.1) is 17.2 Å². The Morgan fingerprint density at radius 1 is 0.967 bits per heavy atom. The number of hydrogen-bond donors (Lipinski definition) is 1. The van der Waals surface area contributed by atoms with E-state index in [-0.39, 0.29) is 0 Å². The highest BCUT2D eigenvalue weighted by molar-refractivity contribution is 5.97. The van der Waals surface area contributed by atoms with Crippen LogP contribution in [0.3, 0.4) is 0 Å². The highest BCUT2D eigenvalue weighted by atomic mass is 16.5. The SMILES string of the molecule is C[C@@H](OC(=O)c1ccc(COc2ccccc2)cc1)C(=O)Nc1ccc(C#N)cc1. The molecule has 6 heteroatoms. The van der Waals surface area contributed by atoms with Gasteiger partial charge in [0.15, 0.2) is 6.10 Å². The molecule has 0 saturated carbocycles. The number of anilines is 1. The molecule has 0 aliphatic carbocycles. The highest BCUT2D eigenvalue weighted by Gasteiger charge is 2.19. The van der Waals surface area contributed by atoms with Crippen molar-refractivity contribution in [2.75, 3.05) is 5.32 Å². The lowest BCUT2D eigenvalue weighted by molar-refractivity contribution is -0.123. The molecule has 0 unspecified atom stereocenters. The van der Waals surface area contributed by atoms with E-state index in [0.29, 0.717) is 23.4 Å². The third-order valence-electron chi connectivity index (χ3n) is 4.27. The zero-order valence-corrected chi connectivity index (χ0v) is 16.4. The summed E-state index contributed by atoms with van der Waals surface area (Å²) in [6, 6.07) is 24.7. The zero-order valence-electron chi connectivity index (χ0n) is 16.4. The number of ether oxygens (including phenoxy) is 2. The quantitative estimate of drug-likeness (QED) is 0.597. The van der Waals surface area contributed by atoms with Crippen LogP contribution < -0.4 is 10.1 Å². The smallest absolute Gasteiger partial charge is 0.338 e. The van der Waals surface area contributed by atoms with E-state index >= 15 is 0 Å². The van der Waals surface area contributed by atoms with E-state index in [1.54, 1.807) is 48.5 Å². The molecule has 3 aromatic carbocycles. The third kappa shape index (κ3) is 5.69. The van der Waals surface area contributed by atoms with Crippen LogP contribution >= 0.6 is 0 Å². The summed E-state index contributed by atoms with van der Waals surface area (Å²) in [5.74, 6) is -0.281. The number of hydrogen-bond acceptors (Lipinski definition) is 5. The first-order valence-electron chi connectivity index (χ1n) is 9.34. The fraction of sp³-hybridized carbons (Fsp3) is 0.125. The number of para-hydroxylation sites is 1. The van der Waals surface area contributed by atoms with Crippen molar-refractivity contribution in [1.29, 1.82) is 5.26 Å². The number of nitrogens with one attached hydrogen (secondary N) is 1. The van der Waals surface area contributed by atoms with Gasteiger partial charge in [-0.3, -0.25) is 4.79 Å². The molecule has 0 fully saturated rings. The molecule has 0 heterocycles. The van der Waals surface area contributed by atoms with Crippen molar-refractivity contribution in [3.63, 3.8) is 0 Å². The molecular weight excluding hydrogens is 380 g/mol. The van der Waals surface area contributed by atoms with Gasteiger partial charge >= 0.3 is 5.97 Å². The van der Waals surface area contributed by atoms with Crippen LogP contribution in [0.15, 0.2) is 78.9 Å². The van der Waals surface area contributed by atoms with Gasteiger partial charge in [0.1, 0.15) is 12.4 Å².